The molecule has 0 aliphatic heterocycles. The molecule has 0 saturated carbocycles. The molecule has 1 atom stereocenters. The van der Waals surface area contributed by atoms with E-state index in [-0.39, 0.29) is 5.92 Å². The van der Waals surface area contributed by atoms with E-state index in [2.05, 4.69) is 9.10 Å². The number of carbonyl (C=O) groups is 1. The molecule has 0 N–H and O–H groups in total. The van der Waals surface area contributed by atoms with Gasteiger partial charge in [0.05, 0.1) is 7.11 Å². The Morgan fingerprint density at radius 2 is 2.00 bits per heavy atom. The Hall–Kier alpha value is -0.910. The van der Waals surface area contributed by atoms with Crippen molar-refractivity contribution in [3.05, 3.63) is 0 Å². The molecule has 0 aromatic carbocycles. The molecule has 0 aromatic rings. The molecule has 6 heteroatoms. The van der Waals surface area contributed by atoms with Gasteiger partial charge in [0.25, 0.3) is 0 Å². The highest BCUT2D eigenvalue weighted by Gasteiger charge is 2.19. The van der Waals surface area contributed by atoms with Crippen LogP contribution >= 0.6 is 0 Å². The molecule has 0 saturated heterocycles. The first-order valence-corrected chi connectivity index (χ1v) is 4.88. The van der Waals surface area contributed by atoms with Gasteiger partial charge >= 0.3 is 16.5 Å². The minimum absolute atomic E-state index is 0.191. The van der Waals surface area contributed by atoms with Gasteiger partial charge in [0, 0.05) is 0 Å². The first kappa shape index (κ1) is 12.1. The first-order chi connectivity index (χ1) is 5.97. The Morgan fingerprint density at radius 1 is 1.46 bits per heavy atom. The number of nitrogens with zero attached hydrogens (tertiary/aromatic N) is 1. The van der Waals surface area contributed by atoms with Crippen LogP contribution in [0.2, 0.25) is 0 Å². The van der Waals surface area contributed by atoms with Crippen molar-refractivity contribution in [3.63, 3.8) is 0 Å². The maximum atomic E-state index is 11.0. The number of carbonyl (C=O) groups excluding carboxylic acids is 1. The van der Waals surface area contributed by atoms with E-state index in [4.69, 9.17) is 0 Å². The van der Waals surface area contributed by atoms with Gasteiger partial charge in [-0.25, -0.2) is 4.79 Å². The van der Waals surface area contributed by atoms with Crippen LogP contribution in [-0.2, 0) is 20.0 Å². The molecule has 76 valence electrons. The zero-order valence-electron chi connectivity index (χ0n) is 7.85. The maximum Gasteiger partial charge on any atom is 0.331 e. The summed E-state index contributed by atoms with van der Waals surface area (Å²) in [5, 5.41) is 0. The van der Waals surface area contributed by atoms with Gasteiger partial charge in [-0.05, 0) is 12.3 Å². The number of rotatable bonds is 4. The predicted octanol–water partition coefficient (Wildman–Crippen LogP) is 0.637. The van der Waals surface area contributed by atoms with E-state index in [9.17, 15) is 13.2 Å². The minimum Gasteiger partial charge on any atom is -0.467 e. The SMILES string of the molecule is COC(=O)[C@H](CC(C)C)N=S(=O)=O. The fraction of sp³-hybridized carbons (Fsp3) is 0.857. The quantitative estimate of drug-likeness (QED) is 0.634. The molecule has 0 heterocycles. The second kappa shape index (κ2) is 5.69. The highest BCUT2D eigenvalue weighted by Crippen LogP contribution is 2.09. The van der Waals surface area contributed by atoms with Gasteiger partial charge in [-0.1, -0.05) is 13.8 Å². The number of ether oxygens (including phenoxy) is 1. The molecular formula is C7H13NO4S. The molecule has 13 heavy (non-hydrogen) atoms. The van der Waals surface area contributed by atoms with E-state index in [0.717, 1.165) is 0 Å². The molecular weight excluding hydrogens is 194 g/mol. The van der Waals surface area contributed by atoms with Gasteiger partial charge < -0.3 is 4.74 Å². The Balaban J connectivity index is 4.56. The van der Waals surface area contributed by atoms with Crippen molar-refractivity contribution in [3.8, 4) is 0 Å². The highest BCUT2D eigenvalue weighted by atomic mass is 32.2. The van der Waals surface area contributed by atoms with Crippen molar-refractivity contribution in [2.24, 2.45) is 10.3 Å². The van der Waals surface area contributed by atoms with Crippen LogP contribution in [0.4, 0.5) is 0 Å². The summed E-state index contributed by atoms with van der Waals surface area (Å²) in [5.74, 6) is -0.422. The summed E-state index contributed by atoms with van der Waals surface area (Å²) in [6.45, 7) is 3.75. The zero-order valence-corrected chi connectivity index (χ0v) is 8.67. The predicted molar refractivity (Wildman–Crippen MR) is 46.6 cm³/mol. The van der Waals surface area contributed by atoms with Crippen LogP contribution in [0.3, 0.4) is 0 Å². The largest absolute Gasteiger partial charge is 0.467 e. The summed E-state index contributed by atoms with van der Waals surface area (Å²) >= 11 is 0. The monoisotopic (exact) mass is 207 g/mol. The molecule has 0 radical (unpaired) electrons. The Bertz CT molecular complexity index is 286. The molecule has 5 nitrogen and oxygen atoms in total. The van der Waals surface area contributed by atoms with E-state index in [1.807, 2.05) is 13.8 Å². The van der Waals surface area contributed by atoms with E-state index in [0.29, 0.717) is 6.42 Å². The lowest BCUT2D eigenvalue weighted by atomic mass is 10.1. The van der Waals surface area contributed by atoms with E-state index in [1.54, 1.807) is 0 Å². The third-order valence-corrected chi connectivity index (χ3v) is 1.81. The number of hydrogen-bond donors (Lipinski definition) is 0. The number of esters is 1. The lowest BCUT2D eigenvalue weighted by Crippen LogP contribution is -2.21. The van der Waals surface area contributed by atoms with Gasteiger partial charge in [-0.2, -0.15) is 12.8 Å². The minimum atomic E-state index is -2.56. The second-order valence-electron chi connectivity index (χ2n) is 2.99. The molecule has 0 bridgehead atoms. The lowest BCUT2D eigenvalue weighted by Gasteiger charge is -2.09. The van der Waals surface area contributed by atoms with Crippen molar-refractivity contribution in [1.29, 1.82) is 0 Å². The third-order valence-electron chi connectivity index (χ3n) is 1.38. The molecule has 0 aliphatic carbocycles. The molecule has 0 spiro atoms. The van der Waals surface area contributed by atoms with E-state index >= 15 is 0 Å². The highest BCUT2D eigenvalue weighted by molar-refractivity contribution is 7.61. The van der Waals surface area contributed by atoms with Crippen LogP contribution in [0.1, 0.15) is 20.3 Å². The molecule has 0 aromatic heterocycles. The lowest BCUT2D eigenvalue weighted by molar-refractivity contribution is -0.142. The smallest absolute Gasteiger partial charge is 0.331 e. The van der Waals surface area contributed by atoms with Gasteiger partial charge in [0.15, 0.2) is 6.04 Å². The zero-order chi connectivity index (χ0) is 10.4. The topological polar surface area (TPSA) is 72.8 Å². The average molecular weight is 207 g/mol. The second-order valence-corrected chi connectivity index (χ2v) is 3.64. The normalized spacial score (nSPS) is 12.3. The van der Waals surface area contributed by atoms with Gasteiger partial charge in [0.1, 0.15) is 0 Å². The summed E-state index contributed by atoms with van der Waals surface area (Å²) < 4.78 is 28.1. The standard InChI is InChI=1S/C7H13NO4S/c1-5(2)4-6(7(9)12-3)8-13(10)11/h5-6H,4H2,1-3H3/t6-/m0/s1. The van der Waals surface area contributed by atoms with E-state index < -0.39 is 22.5 Å². The Labute approximate surface area is 78.8 Å². The summed E-state index contributed by atoms with van der Waals surface area (Å²) in [5.41, 5.74) is 0. The Morgan fingerprint density at radius 3 is 2.31 bits per heavy atom. The van der Waals surface area contributed by atoms with Crippen molar-refractivity contribution >= 4 is 16.5 Å². The van der Waals surface area contributed by atoms with Crippen LogP contribution in [0.15, 0.2) is 4.36 Å². The van der Waals surface area contributed by atoms with Crippen LogP contribution in [-0.4, -0.2) is 27.5 Å². The summed E-state index contributed by atoms with van der Waals surface area (Å²) in [7, 11) is -1.35. The van der Waals surface area contributed by atoms with Gasteiger partial charge in [-0.15, -0.1) is 0 Å². The third kappa shape index (κ3) is 5.35. The number of methoxy groups -OCH3 is 1. The van der Waals surface area contributed by atoms with Crippen LogP contribution in [0.25, 0.3) is 0 Å². The van der Waals surface area contributed by atoms with Crippen molar-refractivity contribution < 1.29 is 17.9 Å². The van der Waals surface area contributed by atoms with Crippen molar-refractivity contribution in [2.75, 3.05) is 7.11 Å². The molecule has 0 amide bonds. The summed E-state index contributed by atoms with van der Waals surface area (Å²) in [6.07, 6.45) is 0.376. The van der Waals surface area contributed by atoms with Crippen LogP contribution in [0.5, 0.6) is 0 Å². The molecule has 0 fully saturated rings. The average Bonchev–Trinajstić information content (AvgIpc) is 2.00. The van der Waals surface area contributed by atoms with Crippen LogP contribution < -0.4 is 0 Å². The fourth-order valence-corrected chi connectivity index (χ4v) is 1.25. The first-order valence-electron chi connectivity index (χ1n) is 3.85. The van der Waals surface area contributed by atoms with Crippen LogP contribution in [0, 0.1) is 5.92 Å². The fourth-order valence-electron chi connectivity index (χ4n) is 0.869. The Kier molecular flexibility index (Phi) is 5.29. The maximum absolute atomic E-state index is 11.0. The summed E-state index contributed by atoms with van der Waals surface area (Å²) in [4.78, 5) is 11.0. The summed E-state index contributed by atoms with van der Waals surface area (Å²) in [6, 6.07) is -0.900. The molecule has 0 aliphatic rings. The van der Waals surface area contributed by atoms with Gasteiger partial charge in [-0.3, -0.25) is 0 Å². The van der Waals surface area contributed by atoms with Crippen molar-refractivity contribution in [1.82, 2.24) is 0 Å². The van der Waals surface area contributed by atoms with Gasteiger partial charge in [0.2, 0.25) is 0 Å². The van der Waals surface area contributed by atoms with E-state index in [1.165, 1.54) is 7.11 Å². The molecule has 0 unspecified atom stereocenters. The molecule has 0 rings (SSSR count). The number of hydrogen-bond acceptors (Lipinski definition) is 5. The van der Waals surface area contributed by atoms with Crippen molar-refractivity contribution in [2.45, 2.75) is 26.3 Å².